The van der Waals surface area contributed by atoms with E-state index in [1.165, 1.54) is 12.7 Å². The summed E-state index contributed by atoms with van der Waals surface area (Å²) in [7, 11) is 0. The Morgan fingerprint density at radius 2 is 2.10 bits per heavy atom. The molecular weight excluding hydrogens is 254 g/mol. The van der Waals surface area contributed by atoms with Crippen LogP contribution in [0.3, 0.4) is 0 Å². The lowest BCUT2D eigenvalue weighted by molar-refractivity contribution is -0.129. The zero-order chi connectivity index (χ0) is 14.5. The smallest absolute Gasteiger partial charge is 0.169 e. The Balaban J connectivity index is 1.95. The minimum absolute atomic E-state index is 0.116. The summed E-state index contributed by atoms with van der Waals surface area (Å²) in [6.45, 7) is 4.95. The van der Waals surface area contributed by atoms with Crippen LogP contribution in [0, 0.1) is 11.8 Å². The van der Waals surface area contributed by atoms with Crippen LogP contribution in [-0.2, 0) is 17.8 Å². The summed E-state index contributed by atoms with van der Waals surface area (Å²) < 4.78 is 1.77. The van der Waals surface area contributed by atoms with Crippen LogP contribution in [0.4, 0.5) is 0 Å². The maximum Gasteiger partial charge on any atom is 0.169 e. The number of hydrogen-bond acceptors (Lipinski definition) is 4. The van der Waals surface area contributed by atoms with E-state index < -0.39 is 6.10 Å². The number of carbonyl (C=O) groups is 1. The molecule has 1 aliphatic carbocycles. The first-order valence-corrected chi connectivity index (χ1v) is 7.65. The van der Waals surface area contributed by atoms with Gasteiger partial charge in [0.25, 0.3) is 0 Å². The van der Waals surface area contributed by atoms with Gasteiger partial charge in [0.05, 0.1) is 6.42 Å². The molecule has 0 spiro atoms. The lowest BCUT2D eigenvalue weighted by Gasteiger charge is -2.25. The summed E-state index contributed by atoms with van der Waals surface area (Å²) in [5.74, 6) is 1.14. The molecule has 1 atom stereocenters. The second-order valence-corrected chi connectivity index (χ2v) is 6.24. The molecule has 1 saturated carbocycles. The van der Waals surface area contributed by atoms with E-state index in [0.29, 0.717) is 11.7 Å². The minimum atomic E-state index is -0.834. The molecule has 0 saturated heterocycles. The third kappa shape index (κ3) is 3.88. The van der Waals surface area contributed by atoms with Gasteiger partial charge < -0.3 is 5.11 Å². The Morgan fingerprint density at radius 3 is 2.75 bits per heavy atom. The van der Waals surface area contributed by atoms with Crippen molar-refractivity contribution < 1.29 is 9.90 Å². The molecule has 1 unspecified atom stereocenters. The van der Waals surface area contributed by atoms with Gasteiger partial charge in [-0.25, -0.2) is 9.67 Å². The van der Waals surface area contributed by atoms with Gasteiger partial charge >= 0.3 is 0 Å². The summed E-state index contributed by atoms with van der Waals surface area (Å²) in [6, 6.07) is 0. The summed E-state index contributed by atoms with van der Waals surface area (Å²) in [4.78, 5) is 16.4. The van der Waals surface area contributed by atoms with Crippen LogP contribution in [0.2, 0.25) is 0 Å². The predicted molar refractivity (Wildman–Crippen MR) is 76.2 cm³/mol. The highest BCUT2D eigenvalue weighted by molar-refractivity contribution is 5.84. The Labute approximate surface area is 120 Å². The number of aromatic nitrogens is 3. The highest BCUT2D eigenvalue weighted by Crippen LogP contribution is 2.27. The topological polar surface area (TPSA) is 68.0 Å². The molecule has 0 bridgehead atoms. The van der Waals surface area contributed by atoms with E-state index in [2.05, 4.69) is 23.9 Å². The van der Waals surface area contributed by atoms with Gasteiger partial charge in [-0.2, -0.15) is 5.10 Å². The molecule has 1 aromatic heterocycles. The normalized spacial score (nSPS) is 18.4. The van der Waals surface area contributed by atoms with Gasteiger partial charge in [0.2, 0.25) is 0 Å². The van der Waals surface area contributed by atoms with Crippen molar-refractivity contribution in [1.29, 1.82) is 0 Å². The number of Topliss-reactive ketones (excluding diaryl/α,β-unsaturated/α-hetero) is 1. The van der Waals surface area contributed by atoms with E-state index in [0.717, 1.165) is 32.2 Å². The second-order valence-electron chi connectivity index (χ2n) is 6.24. The van der Waals surface area contributed by atoms with Gasteiger partial charge in [0, 0.05) is 6.54 Å². The third-order valence-corrected chi connectivity index (χ3v) is 3.99. The van der Waals surface area contributed by atoms with Gasteiger partial charge in [0.15, 0.2) is 5.78 Å². The van der Waals surface area contributed by atoms with Crippen molar-refractivity contribution in [3.05, 3.63) is 12.2 Å². The molecule has 1 aromatic rings. The van der Waals surface area contributed by atoms with Crippen LogP contribution in [0.25, 0.3) is 0 Å². The molecule has 20 heavy (non-hydrogen) atoms. The molecule has 1 heterocycles. The molecule has 0 amide bonds. The highest BCUT2D eigenvalue weighted by Gasteiger charge is 2.28. The Morgan fingerprint density at radius 1 is 1.40 bits per heavy atom. The van der Waals surface area contributed by atoms with Gasteiger partial charge in [-0.15, -0.1) is 0 Å². The number of carbonyl (C=O) groups excluding carboxylic acids is 1. The molecule has 0 aromatic carbocycles. The van der Waals surface area contributed by atoms with Crippen LogP contribution in [0.1, 0.15) is 51.8 Å². The first-order chi connectivity index (χ1) is 9.58. The van der Waals surface area contributed by atoms with E-state index >= 15 is 0 Å². The van der Waals surface area contributed by atoms with Crippen LogP contribution >= 0.6 is 0 Å². The molecule has 1 N–H and O–H groups in total. The number of rotatable bonds is 6. The Kier molecular flexibility index (Phi) is 5.29. The van der Waals surface area contributed by atoms with E-state index in [4.69, 9.17) is 0 Å². The van der Waals surface area contributed by atoms with E-state index in [9.17, 15) is 9.90 Å². The van der Waals surface area contributed by atoms with Crippen molar-refractivity contribution in [3.63, 3.8) is 0 Å². The van der Waals surface area contributed by atoms with Gasteiger partial charge in [-0.1, -0.05) is 33.1 Å². The average molecular weight is 279 g/mol. The molecule has 0 radical (unpaired) electrons. The molecular formula is C15H25N3O2. The van der Waals surface area contributed by atoms with Crippen LogP contribution < -0.4 is 0 Å². The first kappa shape index (κ1) is 15.2. The third-order valence-electron chi connectivity index (χ3n) is 3.99. The molecule has 5 heteroatoms. The van der Waals surface area contributed by atoms with E-state index in [1.807, 2.05) is 0 Å². The summed E-state index contributed by atoms with van der Waals surface area (Å²) in [5, 5.41) is 14.4. The fraction of sp³-hybridized carbons (Fsp3) is 0.800. The molecule has 5 nitrogen and oxygen atoms in total. The Hall–Kier alpha value is -1.23. The molecule has 0 aliphatic heterocycles. The van der Waals surface area contributed by atoms with Crippen LogP contribution in [0.5, 0.6) is 0 Å². The quantitative estimate of drug-likeness (QED) is 0.864. The fourth-order valence-corrected chi connectivity index (χ4v) is 2.90. The van der Waals surface area contributed by atoms with Crippen LogP contribution in [0.15, 0.2) is 6.33 Å². The molecule has 112 valence electrons. The summed E-state index contributed by atoms with van der Waals surface area (Å²) in [6.07, 6.45) is 6.23. The van der Waals surface area contributed by atoms with Gasteiger partial charge in [0.1, 0.15) is 18.3 Å². The zero-order valence-electron chi connectivity index (χ0n) is 12.5. The van der Waals surface area contributed by atoms with Crippen molar-refractivity contribution >= 4 is 5.78 Å². The maximum atomic E-state index is 12.2. The van der Waals surface area contributed by atoms with Gasteiger partial charge in [-0.05, 0) is 24.7 Å². The number of aliphatic hydroxyl groups excluding tert-OH is 1. The predicted octanol–water partition coefficient (Wildman–Crippen LogP) is 1.99. The standard InChI is InChI=1S/C15H25N3O2/c1-11(2)9-18-14(16-10-17-18)8-13(19)15(20)12-6-4-3-5-7-12/h10-12,15,20H,3-9H2,1-2H3. The fourth-order valence-electron chi connectivity index (χ4n) is 2.90. The maximum absolute atomic E-state index is 12.2. The number of hydrogen-bond donors (Lipinski definition) is 1. The van der Waals surface area contributed by atoms with E-state index in [-0.39, 0.29) is 18.1 Å². The molecule has 2 rings (SSSR count). The van der Waals surface area contributed by atoms with Crippen molar-refractivity contribution in [2.24, 2.45) is 11.8 Å². The Bertz CT molecular complexity index is 436. The number of ketones is 1. The summed E-state index contributed by atoms with van der Waals surface area (Å²) in [5.41, 5.74) is 0. The highest BCUT2D eigenvalue weighted by atomic mass is 16.3. The average Bonchev–Trinajstić information content (AvgIpc) is 2.85. The zero-order valence-corrected chi connectivity index (χ0v) is 12.5. The summed E-state index contributed by atoms with van der Waals surface area (Å²) >= 11 is 0. The SMILES string of the molecule is CC(C)Cn1ncnc1CC(=O)C(O)C1CCCCC1. The van der Waals surface area contributed by atoms with Gasteiger partial charge in [-0.3, -0.25) is 4.79 Å². The van der Waals surface area contributed by atoms with Crippen molar-refractivity contribution in [3.8, 4) is 0 Å². The van der Waals surface area contributed by atoms with Crippen molar-refractivity contribution in [1.82, 2.24) is 14.8 Å². The minimum Gasteiger partial charge on any atom is -0.385 e. The molecule has 1 aliphatic rings. The van der Waals surface area contributed by atoms with Crippen molar-refractivity contribution in [2.75, 3.05) is 0 Å². The van der Waals surface area contributed by atoms with Crippen molar-refractivity contribution in [2.45, 2.75) is 65.0 Å². The number of nitrogens with zero attached hydrogens (tertiary/aromatic N) is 3. The van der Waals surface area contributed by atoms with E-state index in [1.54, 1.807) is 4.68 Å². The molecule has 1 fully saturated rings. The second kappa shape index (κ2) is 6.97. The van der Waals surface area contributed by atoms with Crippen LogP contribution in [-0.4, -0.2) is 31.8 Å². The lowest BCUT2D eigenvalue weighted by atomic mass is 9.83. The monoisotopic (exact) mass is 279 g/mol. The largest absolute Gasteiger partial charge is 0.385 e. The lowest BCUT2D eigenvalue weighted by Crippen LogP contribution is -2.33. The first-order valence-electron chi connectivity index (χ1n) is 7.65. The number of aliphatic hydroxyl groups is 1.